The molecule has 1 heterocycles. The summed E-state index contributed by atoms with van der Waals surface area (Å²) in [6, 6.07) is 3.82. The highest BCUT2D eigenvalue weighted by Crippen LogP contribution is 2.22. The van der Waals surface area contributed by atoms with E-state index in [4.69, 9.17) is 16.7 Å². The van der Waals surface area contributed by atoms with Gasteiger partial charge in [-0.05, 0) is 19.5 Å². The maximum atomic E-state index is 8.82. The van der Waals surface area contributed by atoms with Crippen LogP contribution in [-0.4, -0.2) is 23.7 Å². The van der Waals surface area contributed by atoms with Crippen molar-refractivity contribution in [3.8, 4) is 0 Å². The first-order valence-corrected chi connectivity index (χ1v) is 4.56. The monoisotopic (exact) mass is 200 g/mol. The molecular formula is C9H13ClN2O. The molecule has 0 aliphatic rings. The second-order valence-electron chi connectivity index (χ2n) is 2.74. The van der Waals surface area contributed by atoms with Crippen LogP contribution in [-0.2, 0) is 0 Å². The first-order chi connectivity index (χ1) is 6.29. The van der Waals surface area contributed by atoms with Crippen molar-refractivity contribution in [2.45, 2.75) is 12.5 Å². The van der Waals surface area contributed by atoms with Gasteiger partial charge in [0.05, 0.1) is 0 Å². The fourth-order valence-corrected chi connectivity index (χ4v) is 1.49. The molecule has 4 heteroatoms. The molecule has 13 heavy (non-hydrogen) atoms. The lowest BCUT2D eigenvalue weighted by atomic mass is 10.1. The molecule has 72 valence electrons. The molecule has 0 bridgehead atoms. The predicted molar refractivity (Wildman–Crippen MR) is 52.8 cm³/mol. The highest BCUT2D eigenvalue weighted by atomic mass is 35.5. The molecule has 3 nitrogen and oxygen atoms in total. The van der Waals surface area contributed by atoms with Crippen molar-refractivity contribution in [3.05, 3.63) is 29.0 Å². The van der Waals surface area contributed by atoms with E-state index >= 15 is 0 Å². The Labute approximate surface area is 82.8 Å². The average molecular weight is 201 g/mol. The summed E-state index contributed by atoms with van der Waals surface area (Å²) in [5.41, 5.74) is 0.931. The summed E-state index contributed by atoms with van der Waals surface area (Å²) in [4.78, 5) is 3.97. The van der Waals surface area contributed by atoms with E-state index in [9.17, 15) is 0 Å². The quantitative estimate of drug-likeness (QED) is 0.722. The van der Waals surface area contributed by atoms with E-state index in [1.807, 2.05) is 19.2 Å². The van der Waals surface area contributed by atoms with Gasteiger partial charge in [-0.15, -0.1) is 0 Å². The maximum Gasteiger partial charge on any atom is 0.133 e. The van der Waals surface area contributed by atoms with Gasteiger partial charge in [-0.3, -0.25) is 0 Å². The SMILES string of the molecule is CN[C@@H](CCO)c1cccnc1Cl. The van der Waals surface area contributed by atoms with E-state index in [0.29, 0.717) is 11.6 Å². The van der Waals surface area contributed by atoms with Crippen LogP contribution in [0.5, 0.6) is 0 Å². The van der Waals surface area contributed by atoms with Crippen molar-refractivity contribution in [3.63, 3.8) is 0 Å². The van der Waals surface area contributed by atoms with Crippen LogP contribution in [0.2, 0.25) is 5.15 Å². The van der Waals surface area contributed by atoms with Crippen LogP contribution in [0.1, 0.15) is 18.0 Å². The third-order valence-corrected chi connectivity index (χ3v) is 2.25. The van der Waals surface area contributed by atoms with Gasteiger partial charge in [-0.1, -0.05) is 17.7 Å². The number of nitrogens with zero attached hydrogens (tertiary/aromatic N) is 1. The van der Waals surface area contributed by atoms with Gasteiger partial charge in [0, 0.05) is 24.4 Å². The number of aliphatic hydroxyl groups is 1. The van der Waals surface area contributed by atoms with E-state index in [1.54, 1.807) is 6.20 Å². The zero-order valence-corrected chi connectivity index (χ0v) is 8.25. The van der Waals surface area contributed by atoms with Crippen LogP contribution in [0.15, 0.2) is 18.3 Å². The van der Waals surface area contributed by atoms with E-state index in [2.05, 4.69) is 10.3 Å². The van der Waals surface area contributed by atoms with Gasteiger partial charge in [0.25, 0.3) is 0 Å². The second-order valence-corrected chi connectivity index (χ2v) is 3.09. The summed E-state index contributed by atoms with van der Waals surface area (Å²) in [5, 5.41) is 12.4. The molecule has 1 aromatic heterocycles. The number of pyridine rings is 1. The number of aliphatic hydroxyl groups excluding tert-OH is 1. The number of aromatic nitrogens is 1. The first-order valence-electron chi connectivity index (χ1n) is 4.18. The maximum absolute atomic E-state index is 8.82. The fraction of sp³-hybridized carbons (Fsp3) is 0.444. The number of halogens is 1. The molecule has 0 aliphatic heterocycles. The molecular weight excluding hydrogens is 188 g/mol. The largest absolute Gasteiger partial charge is 0.396 e. The minimum Gasteiger partial charge on any atom is -0.396 e. The average Bonchev–Trinajstić information content (AvgIpc) is 2.16. The molecule has 0 saturated heterocycles. The molecule has 0 spiro atoms. The zero-order chi connectivity index (χ0) is 9.68. The van der Waals surface area contributed by atoms with Crippen LogP contribution in [0.3, 0.4) is 0 Å². The summed E-state index contributed by atoms with van der Waals surface area (Å²) < 4.78 is 0. The van der Waals surface area contributed by atoms with Crippen molar-refractivity contribution < 1.29 is 5.11 Å². The van der Waals surface area contributed by atoms with Crippen LogP contribution in [0.25, 0.3) is 0 Å². The fourth-order valence-electron chi connectivity index (χ4n) is 1.24. The Bertz CT molecular complexity index is 268. The minimum atomic E-state index is 0.0752. The Morgan fingerprint density at radius 3 is 3.00 bits per heavy atom. The number of hydrogen-bond acceptors (Lipinski definition) is 3. The highest BCUT2D eigenvalue weighted by Gasteiger charge is 2.11. The van der Waals surface area contributed by atoms with Crippen LogP contribution < -0.4 is 5.32 Å². The topological polar surface area (TPSA) is 45.1 Å². The van der Waals surface area contributed by atoms with Gasteiger partial charge >= 0.3 is 0 Å². The number of hydrogen-bond donors (Lipinski definition) is 2. The van der Waals surface area contributed by atoms with E-state index in [0.717, 1.165) is 5.56 Å². The van der Waals surface area contributed by atoms with Crippen molar-refractivity contribution in [1.29, 1.82) is 0 Å². The smallest absolute Gasteiger partial charge is 0.133 e. The van der Waals surface area contributed by atoms with Crippen molar-refractivity contribution in [1.82, 2.24) is 10.3 Å². The molecule has 1 aromatic rings. The molecule has 0 aromatic carbocycles. The van der Waals surface area contributed by atoms with Gasteiger partial charge in [0.2, 0.25) is 0 Å². The van der Waals surface area contributed by atoms with Crippen molar-refractivity contribution >= 4 is 11.6 Å². The highest BCUT2D eigenvalue weighted by molar-refractivity contribution is 6.30. The summed E-state index contributed by atoms with van der Waals surface area (Å²) in [5.74, 6) is 0. The molecule has 0 radical (unpaired) electrons. The van der Waals surface area contributed by atoms with Crippen LogP contribution in [0.4, 0.5) is 0 Å². The Kier molecular flexibility index (Phi) is 4.15. The molecule has 0 saturated carbocycles. The lowest BCUT2D eigenvalue weighted by Gasteiger charge is -2.15. The van der Waals surface area contributed by atoms with Gasteiger partial charge in [0.15, 0.2) is 0 Å². The van der Waals surface area contributed by atoms with Crippen LogP contribution in [0, 0.1) is 0 Å². The number of rotatable bonds is 4. The Hall–Kier alpha value is -0.640. The molecule has 0 amide bonds. The van der Waals surface area contributed by atoms with E-state index in [-0.39, 0.29) is 12.6 Å². The minimum absolute atomic E-state index is 0.0752. The summed E-state index contributed by atoms with van der Waals surface area (Å²) >= 11 is 5.90. The Morgan fingerprint density at radius 1 is 1.69 bits per heavy atom. The van der Waals surface area contributed by atoms with Crippen molar-refractivity contribution in [2.75, 3.05) is 13.7 Å². The van der Waals surface area contributed by atoms with Gasteiger partial charge < -0.3 is 10.4 Å². The van der Waals surface area contributed by atoms with Crippen molar-refractivity contribution in [2.24, 2.45) is 0 Å². The molecule has 1 rings (SSSR count). The molecule has 2 N–H and O–H groups in total. The summed E-state index contributed by atoms with van der Waals surface area (Å²) in [6.07, 6.45) is 2.29. The zero-order valence-electron chi connectivity index (χ0n) is 7.50. The summed E-state index contributed by atoms with van der Waals surface area (Å²) in [7, 11) is 1.84. The molecule has 0 fully saturated rings. The van der Waals surface area contributed by atoms with E-state index < -0.39 is 0 Å². The summed E-state index contributed by atoms with van der Waals surface area (Å²) in [6.45, 7) is 0.136. The Morgan fingerprint density at radius 2 is 2.46 bits per heavy atom. The third-order valence-electron chi connectivity index (χ3n) is 1.93. The normalized spacial score (nSPS) is 12.8. The predicted octanol–water partition coefficient (Wildman–Crippen LogP) is 1.38. The van der Waals surface area contributed by atoms with Gasteiger partial charge in [-0.25, -0.2) is 4.98 Å². The van der Waals surface area contributed by atoms with Gasteiger partial charge in [-0.2, -0.15) is 0 Å². The molecule has 1 atom stereocenters. The molecule has 0 aliphatic carbocycles. The van der Waals surface area contributed by atoms with Gasteiger partial charge in [0.1, 0.15) is 5.15 Å². The first kappa shape index (κ1) is 10.4. The standard InChI is InChI=1S/C9H13ClN2O/c1-11-8(4-6-13)7-3-2-5-12-9(7)10/h2-3,5,8,11,13H,4,6H2,1H3/t8-/m0/s1. The van der Waals surface area contributed by atoms with Crippen LogP contribution >= 0.6 is 11.6 Å². The lowest BCUT2D eigenvalue weighted by molar-refractivity contribution is 0.268. The second kappa shape index (κ2) is 5.17. The Balaban J connectivity index is 2.84. The lowest BCUT2D eigenvalue weighted by Crippen LogP contribution is -2.18. The molecule has 0 unspecified atom stereocenters. The van der Waals surface area contributed by atoms with E-state index in [1.165, 1.54) is 0 Å². The number of nitrogens with one attached hydrogen (secondary N) is 1. The third kappa shape index (κ3) is 2.66.